The van der Waals surface area contributed by atoms with Crippen LogP contribution in [-0.2, 0) is 4.12 Å². The number of hydrogen-bond donors (Lipinski definition) is 2. The van der Waals surface area contributed by atoms with Crippen LogP contribution in [-0.4, -0.2) is 41.2 Å². The summed E-state index contributed by atoms with van der Waals surface area (Å²) in [6.07, 6.45) is 4.09. The second-order valence-electron chi connectivity index (χ2n) is 10.2. The first-order valence-electron chi connectivity index (χ1n) is 13.4. The van der Waals surface area contributed by atoms with Gasteiger partial charge in [-0.05, 0) is 77.1 Å². The number of ether oxygens (including phenoxy) is 2. The van der Waals surface area contributed by atoms with Gasteiger partial charge in [0.1, 0.15) is 23.0 Å². The van der Waals surface area contributed by atoms with Crippen LogP contribution in [0.3, 0.4) is 0 Å². The van der Waals surface area contributed by atoms with Crippen molar-refractivity contribution in [3.05, 3.63) is 48.5 Å². The number of hydrogen-bond acceptors (Lipinski definition) is 5. The summed E-state index contributed by atoms with van der Waals surface area (Å²) in [6, 6.07) is 16.6. The molecule has 2 atom stereocenters. The SMILES string of the molecule is CCCC(Oc1cccc(NCC)c1)[Si](C)(C)O[Si](C)(C)C(CCC)Oc1cccc(NCC)c1. The third-order valence-corrected chi connectivity index (χ3v) is 14.3. The number of rotatable bonds is 16. The van der Waals surface area contributed by atoms with Gasteiger partial charge in [-0.2, -0.15) is 0 Å². The van der Waals surface area contributed by atoms with E-state index in [-0.39, 0.29) is 11.5 Å². The van der Waals surface area contributed by atoms with Gasteiger partial charge in [0.25, 0.3) is 0 Å². The zero-order valence-electron chi connectivity index (χ0n) is 23.2. The monoisotopic (exact) mass is 516 g/mol. The van der Waals surface area contributed by atoms with Crippen LogP contribution >= 0.6 is 0 Å². The van der Waals surface area contributed by atoms with E-state index in [0.717, 1.165) is 61.6 Å². The normalized spacial score (nSPS) is 13.7. The molecule has 0 heterocycles. The summed E-state index contributed by atoms with van der Waals surface area (Å²) in [5.41, 5.74) is 2.34. The average molecular weight is 517 g/mol. The molecule has 0 bridgehead atoms. The van der Waals surface area contributed by atoms with Crippen LogP contribution in [0.5, 0.6) is 11.5 Å². The van der Waals surface area contributed by atoms with E-state index < -0.39 is 16.6 Å². The van der Waals surface area contributed by atoms with Crippen LogP contribution in [0.25, 0.3) is 0 Å². The first kappa shape index (κ1) is 29.3. The van der Waals surface area contributed by atoms with Crippen LogP contribution in [0.1, 0.15) is 53.4 Å². The standard InChI is InChI=1S/C28H48N2O3Si2/c1-9-15-27(31-25-19-13-17-23(21-25)29-11-3)34(5,6)33-35(7,8)28(16-10-2)32-26-20-14-18-24(22-26)30-12-4/h13-14,17-22,27-30H,9-12,15-16H2,1-8H3. The minimum absolute atomic E-state index is 0.0792. The molecule has 0 saturated carbocycles. The second kappa shape index (κ2) is 13.9. The third-order valence-electron chi connectivity index (χ3n) is 6.17. The first-order valence-corrected chi connectivity index (χ1v) is 19.3. The van der Waals surface area contributed by atoms with Crippen molar-refractivity contribution in [1.29, 1.82) is 0 Å². The van der Waals surface area contributed by atoms with Crippen molar-refractivity contribution in [2.45, 2.75) is 91.0 Å². The molecular formula is C28H48N2O3Si2. The van der Waals surface area contributed by atoms with Gasteiger partial charge in [0.2, 0.25) is 16.6 Å². The fraction of sp³-hybridized carbons (Fsp3) is 0.571. The van der Waals surface area contributed by atoms with E-state index in [2.05, 4.69) is 113 Å². The highest BCUT2D eigenvalue weighted by Crippen LogP contribution is 2.31. The molecule has 196 valence electrons. The van der Waals surface area contributed by atoms with E-state index >= 15 is 0 Å². The van der Waals surface area contributed by atoms with Crippen molar-refractivity contribution < 1.29 is 13.6 Å². The molecule has 2 rings (SSSR count). The van der Waals surface area contributed by atoms with E-state index in [1.54, 1.807) is 0 Å². The van der Waals surface area contributed by atoms with Gasteiger partial charge in [-0.25, -0.2) is 0 Å². The third kappa shape index (κ3) is 9.20. The van der Waals surface area contributed by atoms with Gasteiger partial charge in [0.15, 0.2) is 0 Å². The zero-order valence-corrected chi connectivity index (χ0v) is 25.2. The Labute approximate surface area is 216 Å². The molecule has 0 aliphatic rings. The molecule has 0 amide bonds. The summed E-state index contributed by atoms with van der Waals surface area (Å²) < 4.78 is 20.4. The lowest BCUT2D eigenvalue weighted by Crippen LogP contribution is -2.60. The molecule has 2 aromatic rings. The molecule has 2 aromatic carbocycles. The molecule has 0 aliphatic carbocycles. The lowest BCUT2D eigenvalue weighted by Gasteiger charge is -2.42. The summed E-state index contributed by atoms with van der Waals surface area (Å²) in [5.74, 6) is 1.82. The minimum Gasteiger partial charge on any atom is -0.491 e. The van der Waals surface area contributed by atoms with Gasteiger partial charge in [0.05, 0.1) is 0 Å². The predicted octanol–water partition coefficient (Wildman–Crippen LogP) is 7.85. The molecule has 2 unspecified atom stereocenters. The van der Waals surface area contributed by atoms with Gasteiger partial charge >= 0.3 is 0 Å². The molecule has 0 aromatic heterocycles. The highest BCUT2D eigenvalue weighted by atomic mass is 28.4. The van der Waals surface area contributed by atoms with Crippen molar-refractivity contribution in [3.8, 4) is 11.5 Å². The minimum atomic E-state index is -2.21. The average Bonchev–Trinajstić information content (AvgIpc) is 2.79. The molecule has 0 fully saturated rings. The van der Waals surface area contributed by atoms with Crippen LogP contribution in [0, 0.1) is 0 Å². The Balaban J connectivity index is 2.21. The summed E-state index contributed by atoms with van der Waals surface area (Å²) in [4.78, 5) is 0. The Morgan fingerprint density at radius 1 is 0.657 bits per heavy atom. The van der Waals surface area contributed by atoms with Crippen LogP contribution in [0.2, 0.25) is 26.2 Å². The molecular weight excluding hydrogens is 468 g/mol. The van der Waals surface area contributed by atoms with E-state index in [9.17, 15) is 0 Å². The van der Waals surface area contributed by atoms with Gasteiger partial charge < -0.3 is 24.2 Å². The van der Waals surface area contributed by atoms with Gasteiger partial charge in [0, 0.05) is 36.6 Å². The van der Waals surface area contributed by atoms with Crippen molar-refractivity contribution in [3.63, 3.8) is 0 Å². The van der Waals surface area contributed by atoms with Gasteiger partial charge in [-0.3, -0.25) is 0 Å². The smallest absolute Gasteiger partial charge is 0.217 e. The molecule has 0 spiro atoms. The van der Waals surface area contributed by atoms with Gasteiger partial charge in [-0.15, -0.1) is 0 Å². The molecule has 35 heavy (non-hydrogen) atoms. The number of benzene rings is 2. The summed E-state index contributed by atoms with van der Waals surface area (Å²) in [6.45, 7) is 19.7. The second-order valence-corrected chi connectivity index (χ2v) is 18.7. The van der Waals surface area contributed by atoms with Crippen molar-refractivity contribution in [2.24, 2.45) is 0 Å². The maximum absolute atomic E-state index is 7.15. The van der Waals surface area contributed by atoms with Crippen LogP contribution in [0.4, 0.5) is 11.4 Å². The Morgan fingerprint density at radius 2 is 1.06 bits per heavy atom. The molecule has 2 N–H and O–H groups in total. The van der Waals surface area contributed by atoms with Crippen molar-refractivity contribution in [1.82, 2.24) is 0 Å². The van der Waals surface area contributed by atoms with E-state index in [0.29, 0.717) is 0 Å². The maximum Gasteiger partial charge on any atom is 0.217 e. The quantitative estimate of drug-likeness (QED) is 0.222. The first-order chi connectivity index (χ1) is 16.6. The fourth-order valence-electron chi connectivity index (χ4n) is 4.53. The lowest BCUT2D eigenvalue weighted by molar-refractivity contribution is 0.216. The zero-order chi connectivity index (χ0) is 25.9. The Hall–Kier alpha value is -1.97. The maximum atomic E-state index is 7.15. The van der Waals surface area contributed by atoms with Crippen molar-refractivity contribution in [2.75, 3.05) is 23.7 Å². The van der Waals surface area contributed by atoms with Crippen LogP contribution in [0.15, 0.2) is 48.5 Å². The van der Waals surface area contributed by atoms with E-state index in [4.69, 9.17) is 13.6 Å². The topological polar surface area (TPSA) is 51.8 Å². The highest BCUT2D eigenvalue weighted by Gasteiger charge is 2.45. The lowest BCUT2D eigenvalue weighted by atomic mass is 10.3. The Bertz CT molecular complexity index is 821. The van der Waals surface area contributed by atoms with E-state index in [1.807, 2.05) is 0 Å². The molecule has 5 nitrogen and oxygen atoms in total. The predicted molar refractivity (Wildman–Crippen MR) is 156 cm³/mol. The molecule has 0 radical (unpaired) electrons. The summed E-state index contributed by atoms with van der Waals surface area (Å²) in [7, 11) is -4.43. The fourth-order valence-corrected chi connectivity index (χ4v) is 13.8. The summed E-state index contributed by atoms with van der Waals surface area (Å²) in [5, 5.41) is 6.76. The number of nitrogens with one attached hydrogen (secondary N) is 2. The Morgan fingerprint density at radius 3 is 1.40 bits per heavy atom. The summed E-state index contributed by atoms with van der Waals surface area (Å²) >= 11 is 0. The largest absolute Gasteiger partial charge is 0.491 e. The molecule has 0 aliphatic heterocycles. The Kier molecular flexibility index (Phi) is 11.7. The molecule has 7 heteroatoms. The van der Waals surface area contributed by atoms with Crippen LogP contribution < -0.4 is 20.1 Å². The highest BCUT2D eigenvalue weighted by molar-refractivity contribution is 6.86. The number of anilines is 2. The van der Waals surface area contributed by atoms with Gasteiger partial charge in [-0.1, -0.05) is 38.8 Å². The van der Waals surface area contributed by atoms with Crippen molar-refractivity contribution >= 4 is 28.0 Å². The van der Waals surface area contributed by atoms with E-state index in [1.165, 1.54) is 0 Å². The molecule has 0 saturated heterocycles.